The van der Waals surface area contributed by atoms with Crippen molar-refractivity contribution < 1.29 is 14.0 Å². The summed E-state index contributed by atoms with van der Waals surface area (Å²) in [6.07, 6.45) is 4.14. The van der Waals surface area contributed by atoms with Gasteiger partial charge in [-0.3, -0.25) is 4.79 Å². The van der Waals surface area contributed by atoms with Crippen LogP contribution in [0.4, 0.5) is 9.18 Å². The van der Waals surface area contributed by atoms with Crippen molar-refractivity contribution in [1.82, 2.24) is 35.7 Å². The summed E-state index contributed by atoms with van der Waals surface area (Å²) >= 11 is 0. The lowest BCUT2D eigenvalue weighted by atomic mass is 9.91. The first-order valence-corrected chi connectivity index (χ1v) is 12.5. The first-order chi connectivity index (χ1) is 17.9. The van der Waals surface area contributed by atoms with Gasteiger partial charge in [-0.05, 0) is 96.6 Å². The lowest BCUT2D eigenvalue weighted by molar-refractivity contribution is 0.1000. The second-order valence-electron chi connectivity index (χ2n) is 9.51. The van der Waals surface area contributed by atoms with Crippen LogP contribution in [0.15, 0.2) is 42.5 Å². The Morgan fingerprint density at radius 2 is 1.95 bits per heavy atom. The highest BCUT2D eigenvalue weighted by Crippen LogP contribution is 2.22. The average molecular weight is 509 g/mol. The van der Waals surface area contributed by atoms with Crippen LogP contribution in [0.2, 0.25) is 0 Å². The third-order valence-corrected chi connectivity index (χ3v) is 6.59. The molecule has 10 nitrogen and oxygen atoms in total. The van der Waals surface area contributed by atoms with Crippen LogP contribution in [0.3, 0.4) is 0 Å². The third-order valence-electron chi connectivity index (χ3n) is 6.59. The number of carbonyl (C=O) groups is 2. The number of urea groups is 1. The largest absolute Gasteiger partial charge is 0.366 e. The predicted octanol–water partition coefficient (Wildman–Crippen LogP) is 2.26. The number of likely N-dealkylation sites (tertiary alicyclic amines) is 1. The summed E-state index contributed by atoms with van der Waals surface area (Å²) < 4.78 is 14.6. The molecule has 0 spiro atoms. The van der Waals surface area contributed by atoms with E-state index < -0.39 is 5.91 Å². The smallest absolute Gasteiger partial charge is 0.315 e. The van der Waals surface area contributed by atoms with Crippen molar-refractivity contribution in [2.75, 3.05) is 26.2 Å². The van der Waals surface area contributed by atoms with E-state index in [4.69, 9.17) is 5.73 Å². The van der Waals surface area contributed by atoms with Crippen LogP contribution in [-0.4, -0.2) is 63.2 Å². The molecule has 1 atom stereocenters. The summed E-state index contributed by atoms with van der Waals surface area (Å²) in [5.41, 5.74) is 8.32. The number of hydrogen-bond acceptors (Lipinski definition) is 6. The molecule has 0 saturated carbocycles. The Kier molecular flexibility index (Phi) is 8.78. The molecule has 11 heteroatoms. The minimum absolute atomic E-state index is 0.200. The molecule has 1 aromatic heterocycles. The van der Waals surface area contributed by atoms with Crippen molar-refractivity contribution in [1.29, 1.82) is 0 Å². The van der Waals surface area contributed by atoms with Crippen molar-refractivity contribution in [2.24, 2.45) is 18.7 Å². The number of carbonyl (C=O) groups excluding carboxylic acids is 2. The van der Waals surface area contributed by atoms with Gasteiger partial charge < -0.3 is 21.3 Å². The molecule has 37 heavy (non-hydrogen) atoms. The van der Waals surface area contributed by atoms with Gasteiger partial charge in [0.2, 0.25) is 5.91 Å². The summed E-state index contributed by atoms with van der Waals surface area (Å²) in [6.45, 7) is 3.77. The van der Waals surface area contributed by atoms with Crippen LogP contribution >= 0.6 is 0 Å². The summed E-state index contributed by atoms with van der Waals surface area (Å²) in [5, 5.41) is 17.1. The van der Waals surface area contributed by atoms with E-state index in [1.165, 1.54) is 28.8 Å². The van der Waals surface area contributed by atoms with Crippen molar-refractivity contribution in [3.63, 3.8) is 0 Å². The molecule has 196 valence electrons. The van der Waals surface area contributed by atoms with Gasteiger partial charge in [-0.1, -0.05) is 12.1 Å². The maximum absolute atomic E-state index is 13.2. The molecule has 2 heterocycles. The number of nitrogens with two attached hydrogens (primary N) is 1. The van der Waals surface area contributed by atoms with E-state index in [1.807, 2.05) is 18.2 Å². The predicted molar refractivity (Wildman–Crippen MR) is 137 cm³/mol. The number of nitrogens with zero attached hydrogens (tertiary/aromatic N) is 5. The first kappa shape index (κ1) is 26.2. The Morgan fingerprint density at radius 3 is 2.68 bits per heavy atom. The number of aromatic nitrogens is 4. The number of aryl methyl sites for hydroxylation is 1. The monoisotopic (exact) mass is 508 g/mol. The number of nitrogens with one attached hydrogen (secondary N) is 2. The summed E-state index contributed by atoms with van der Waals surface area (Å²) in [7, 11) is 1.70. The van der Waals surface area contributed by atoms with Gasteiger partial charge >= 0.3 is 6.03 Å². The van der Waals surface area contributed by atoms with Crippen LogP contribution in [0, 0.1) is 11.7 Å². The van der Waals surface area contributed by atoms with Crippen LogP contribution < -0.4 is 16.4 Å². The second kappa shape index (κ2) is 12.4. The fraction of sp³-hybridized carbons (Fsp3) is 0.423. The molecule has 3 amide bonds. The Bertz CT molecular complexity index is 1210. The third kappa shape index (κ3) is 7.56. The topological polar surface area (TPSA) is 131 Å². The zero-order chi connectivity index (χ0) is 26.2. The van der Waals surface area contributed by atoms with Gasteiger partial charge in [-0.15, -0.1) is 5.10 Å². The van der Waals surface area contributed by atoms with Gasteiger partial charge in [0, 0.05) is 37.8 Å². The maximum Gasteiger partial charge on any atom is 0.315 e. The molecule has 1 unspecified atom stereocenters. The SMILES string of the molecule is Cn1nnnc1-c1cc(CNC(=O)NCCCN2CCCC(Cc3ccc(F)cc3)C2)cc(C(N)=O)c1. The van der Waals surface area contributed by atoms with Crippen molar-refractivity contribution in [3.8, 4) is 11.4 Å². The summed E-state index contributed by atoms with van der Waals surface area (Å²) in [4.78, 5) is 26.6. The lowest BCUT2D eigenvalue weighted by Crippen LogP contribution is -2.39. The van der Waals surface area contributed by atoms with E-state index in [0.717, 1.165) is 38.9 Å². The van der Waals surface area contributed by atoms with E-state index in [-0.39, 0.29) is 18.4 Å². The van der Waals surface area contributed by atoms with Gasteiger partial charge in [-0.25, -0.2) is 13.9 Å². The quantitative estimate of drug-likeness (QED) is 0.360. The Labute approximate surface area is 215 Å². The van der Waals surface area contributed by atoms with Crippen LogP contribution in [-0.2, 0) is 20.0 Å². The number of halogens is 1. The molecule has 0 radical (unpaired) electrons. The molecule has 4 rings (SSSR count). The van der Waals surface area contributed by atoms with E-state index in [1.54, 1.807) is 19.2 Å². The van der Waals surface area contributed by atoms with E-state index in [0.29, 0.717) is 35.0 Å². The van der Waals surface area contributed by atoms with E-state index >= 15 is 0 Å². The molecule has 1 fully saturated rings. The molecule has 3 aromatic rings. The van der Waals surface area contributed by atoms with Crippen LogP contribution in [0.5, 0.6) is 0 Å². The highest BCUT2D eigenvalue weighted by atomic mass is 19.1. The second-order valence-corrected chi connectivity index (χ2v) is 9.51. The minimum Gasteiger partial charge on any atom is -0.366 e. The van der Waals surface area contributed by atoms with Crippen molar-refractivity contribution in [3.05, 3.63) is 65.0 Å². The van der Waals surface area contributed by atoms with E-state index in [9.17, 15) is 14.0 Å². The molecule has 4 N–H and O–H groups in total. The minimum atomic E-state index is -0.569. The number of benzene rings is 2. The number of rotatable bonds is 10. The number of hydrogen-bond donors (Lipinski definition) is 3. The zero-order valence-electron chi connectivity index (χ0n) is 21.0. The zero-order valence-corrected chi connectivity index (χ0v) is 21.0. The Morgan fingerprint density at radius 1 is 1.14 bits per heavy atom. The van der Waals surface area contributed by atoms with Gasteiger partial charge in [0.05, 0.1) is 0 Å². The van der Waals surface area contributed by atoms with Gasteiger partial charge in [0.1, 0.15) is 5.82 Å². The Balaban J connectivity index is 1.20. The number of tetrazole rings is 1. The van der Waals surface area contributed by atoms with Crippen molar-refractivity contribution >= 4 is 11.9 Å². The maximum atomic E-state index is 13.2. The lowest BCUT2D eigenvalue weighted by Gasteiger charge is -2.32. The molecule has 1 aliphatic heterocycles. The highest BCUT2D eigenvalue weighted by molar-refractivity contribution is 5.94. The molecular formula is C26H33FN8O2. The van der Waals surface area contributed by atoms with Crippen LogP contribution in [0.1, 0.15) is 40.7 Å². The van der Waals surface area contributed by atoms with Gasteiger partial charge in [0.25, 0.3) is 0 Å². The number of primary amides is 1. The molecule has 2 aromatic carbocycles. The fourth-order valence-electron chi connectivity index (χ4n) is 4.76. The Hall–Kier alpha value is -3.86. The molecule has 1 aliphatic rings. The summed E-state index contributed by atoms with van der Waals surface area (Å²) in [5.74, 6) is 0.287. The number of piperidine rings is 1. The first-order valence-electron chi connectivity index (χ1n) is 12.5. The van der Waals surface area contributed by atoms with Gasteiger partial charge in [-0.2, -0.15) is 0 Å². The molecular weight excluding hydrogens is 475 g/mol. The fourth-order valence-corrected chi connectivity index (χ4v) is 4.76. The highest BCUT2D eigenvalue weighted by Gasteiger charge is 2.20. The summed E-state index contributed by atoms with van der Waals surface area (Å²) in [6, 6.07) is 11.6. The molecule has 0 aliphatic carbocycles. The van der Waals surface area contributed by atoms with E-state index in [2.05, 4.69) is 31.1 Å². The number of amides is 3. The van der Waals surface area contributed by atoms with Crippen molar-refractivity contribution in [2.45, 2.75) is 32.2 Å². The standard InChI is InChI=1S/C26H33FN8O2/c1-34-25(31-32-33-34)22-14-20(13-21(15-22)24(28)36)16-30-26(37)29-9-3-11-35-10-2-4-19(17-35)12-18-5-7-23(27)8-6-18/h5-8,13-15,19H,2-4,9-12,16-17H2,1H3,(H2,28,36)(H2,29,30,37). The normalized spacial score (nSPS) is 15.9. The van der Waals surface area contributed by atoms with Crippen LogP contribution in [0.25, 0.3) is 11.4 Å². The van der Waals surface area contributed by atoms with Gasteiger partial charge in [0.15, 0.2) is 5.82 Å². The molecule has 0 bridgehead atoms. The molecule has 1 saturated heterocycles. The average Bonchev–Trinajstić information content (AvgIpc) is 3.32.